The van der Waals surface area contributed by atoms with Gasteiger partial charge in [0.15, 0.2) is 5.71 Å². The van der Waals surface area contributed by atoms with Crippen LogP contribution >= 0.6 is 0 Å². The maximum Gasteiger partial charge on any atom is 1.00 e. The van der Waals surface area contributed by atoms with Gasteiger partial charge in [0.25, 0.3) is 0 Å². The SMILES string of the molecule is CC[N+]1=C(C)C(C)(C)c2c[c-]ccc21.[K+]. The number of rotatable bonds is 1. The molecule has 2 rings (SSSR count). The fraction of sp³-hybridized carbons (Fsp3) is 0.462. The van der Waals surface area contributed by atoms with Crippen LogP contribution in [0.25, 0.3) is 0 Å². The first-order valence-electron chi connectivity index (χ1n) is 5.21. The second-order valence-corrected chi connectivity index (χ2v) is 4.40. The van der Waals surface area contributed by atoms with Gasteiger partial charge in [-0.1, -0.05) is 19.4 Å². The van der Waals surface area contributed by atoms with Crippen LogP contribution in [0.3, 0.4) is 0 Å². The van der Waals surface area contributed by atoms with E-state index >= 15 is 0 Å². The van der Waals surface area contributed by atoms with Crippen molar-refractivity contribution in [1.82, 2.24) is 0 Å². The number of hydrogen-bond donors (Lipinski definition) is 0. The average molecular weight is 226 g/mol. The standard InChI is InChI=1S/C13H17N.K/c1-5-14-10(2)13(3,4)11-8-6-7-9-12(11)14;/h7-9H,5H2,1-4H3;/q;+1. The smallest absolute Gasteiger partial charge is 0.222 e. The minimum absolute atomic E-state index is 0. The van der Waals surface area contributed by atoms with Gasteiger partial charge in [-0.25, -0.2) is 4.58 Å². The molecule has 1 heterocycles. The Morgan fingerprint density at radius 1 is 1.40 bits per heavy atom. The molecule has 1 aromatic rings. The van der Waals surface area contributed by atoms with Crippen LogP contribution in [-0.4, -0.2) is 16.8 Å². The summed E-state index contributed by atoms with van der Waals surface area (Å²) in [6.07, 6.45) is 0. The summed E-state index contributed by atoms with van der Waals surface area (Å²) in [5.41, 5.74) is 4.37. The van der Waals surface area contributed by atoms with Gasteiger partial charge in [-0.05, 0) is 6.92 Å². The van der Waals surface area contributed by atoms with Crippen LogP contribution in [-0.2, 0) is 5.41 Å². The van der Waals surface area contributed by atoms with Gasteiger partial charge in [-0.3, -0.25) is 0 Å². The molecule has 0 saturated carbocycles. The zero-order valence-electron chi connectivity index (χ0n) is 10.4. The zero-order valence-corrected chi connectivity index (χ0v) is 13.5. The second-order valence-electron chi connectivity index (χ2n) is 4.40. The van der Waals surface area contributed by atoms with Crippen molar-refractivity contribution in [1.29, 1.82) is 0 Å². The fourth-order valence-electron chi connectivity index (χ4n) is 2.28. The van der Waals surface area contributed by atoms with E-state index in [0.717, 1.165) is 6.54 Å². The molecule has 1 nitrogen and oxygen atoms in total. The van der Waals surface area contributed by atoms with Crippen molar-refractivity contribution in [3.05, 3.63) is 29.8 Å². The molecular weight excluding hydrogens is 209 g/mol. The number of nitrogens with zero attached hydrogens (tertiary/aromatic N) is 1. The quantitative estimate of drug-likeness (QED) is 0.358. The van der Waals surface area contributed by atoms with E-state index in [0.29, 0.717) is 0 Å². The van der Waals surface area contributed by atoms with Crippen molar-refractivity contribution in [2.24, 2.45) is 0 Å². The van der Waals surface area contributed by atoms with Crippen LogP contribution in [0.1, 0.15) is 33.3 Å². The van der Waals surface area contributed by atoms with Crippen LogP contribution in [0.5, 0.6) is 0 Å². The van der Waals surface area contributed by atoms with Crippen LogP contribution in [0.2, 0.25) is 0 Å². The summed E-state index contributed by atoms with van der Waals surface area (Å²) >= 11 is 0. The molecule has 74 valence electrons. The van der Waals surface area contributed by atoms with Gasteiger partial charge in [0.1, 0.15) is 12.2 Å². The Bertz CT molecular complexity index is 405. The molecule has 0 fully saturated rings. The van der Waals surface area contributed by atoms with Gasteiger partial charge in [0, 0.05) is 12.3 Å². The summed E-state index contributed by atoms with van der Waals surface area (Å²) < 4.78 is 2.39. The fourth-order valence-corrected chi connectivity index (χ4v) is 2.28. The predicted molar refractivity (Wildman–Crippen MR) is 59.4 cm³/mol. The monoisotopic (exact) mass is 226 g/mol. The molecule has 0 amide bonds. The molecule has 0 atom stereocenters. The maximum absolute atomic E-state index is 3.17. The van der Waals surface area contributed by atoms with Crippen molar-refractivity contribution in [3.63, 3.8) is 0 Å². The minimum Gasteiger partial charge on any atom is -0.222 e. The largest absolute Gasteiger partial charge is 1.00 e. The Morgan fingerprint density at radius 2 is 2.07 bits per heavy atom. The van der Waals surface area contributed by atoms with E-state index in [4.69, 9.17) is 0 Å². The summed E-state index contributed by atoms with van der Waals surface area (Å²) in [4.78, 5) is 0. The van der Waals surface area contributed by atoms with Crippen molar-refractivity contribution < 1.29 is 56.0 Å². The van der Waals surface area contributed by atoms with E-state index in [2.05, 4.69) is 50.5 Å². The van der Waals surface area contributed by atoms with E-state index in [1.165, 1.54) is 17.0 Å². The molecule has 15 heavy (non-hydrogen) atoms. The van der Waals surface area contributed by atoms with Gasteiger partial charge < -0.3 is 0 Å². The Balaban J connectivity index is 0.00000112. The Hall–Kier alpha value is 0.526. The molecule has 1 aromatic carbocycles. The van der Waals surface area contributed by atoms with Crippen molar-refractivity contribution >= 4 is 11.4 Å². The molecule has 0 radical (unpaired) electrons. The second kappa shape index (κ2) is 4.80. The van der Waals surface area contributed by atoms with Gasteiger partial charge in [-0.2, -0.15) is 18.2 Å². The topological polar surface area (TPSA) is 3.01 Å². The molecule has 0 aromatic heterocycles. The van der Waals surface area contributed by atoms with Gasteiger partial charge in [0.05, 0.1) is 0 Å². The third-order valence-corrected chi connectivity index (χ3v) is 3.43. The third kappa shape index (κ3) is 2.03. The number of benzene rings is 1. The number of hydrogen-bond acceptors (Lipinski definition) is 0. The molecule has 0 saturated heterocycles. The van der Waals surface area contributed by atoms with Gasteiger partial charge in [0.2, 0.25) is 0 Å². The average Bonchev–Trinajstić information content (AvgIpc) is 2.37. The van der Waals surface area contributed by atoms with Crippen LogP contribution in [0, 0.1) is 6.07 Å². The molecule has 0 spiro atoms. The van der Waals surface area contributed by atoms with Crippen molar-refractivity contribution in [2.45, 2.75) is 33.1 Å². The summed E-state index contributed by atoms with van der Waals surface area (Å²) in [6, 6.07) is 9.45. The molecule has 0 N–H and O–H groups in total. The Kier molecular flexibility index (Phi) is 4.35. The molecule has 1 aliphatic heterocycles. The first kappa shape index (κ1) is 13.6. The Labute approximate surface area is 135 Å². The van der Waals surface area contributed by atoms with Crippen LogP contribution in [0.15, 0.2) is 18.2 Å². The maximum atomic E-state index is 3.17. The molecule has 2 heteroatoms. The van der Waals surface area contributed by atoms with E-state index in [1.807, 2.05) is 6.07 Å². The molecule has 0 aliphatic carbocycles. The third-order valence-electron chi connectivity index (χ3n) is 3.43. The first-order chi connectivity index (χ1) is 6.59. The first-order valence-corrected chi connectivity index (χ1v) is 5.21. The Morgan fingerprint density at radius 3 is 2.67 bits per heavy atom. The molecule has 1 aliphatic rings. The number of fused-ring (bicyclic) bond motifs is 1. The van der Waals surface area contributed by atoms with Crippen molar-refractivity contribution in [2.75, 3.05) is 6.54 Å². The normalized spacial score (nSPS) is 17.3. The zero-order chi connectivity index (χ0) is 10.3. The van der Waals surface area contributed by atoms with Gasteiger partial charge >= 0.3 is 51.4 Å². The van der Waals surface area contributed by atoms with E-state index in [-0.39, 0.29) is 56.8 Å². The van der Waals surface area contributed by atoms with Gasteiger partial charge in [-0.15, -0.1) is 6.07 Å². The summed E-state index contributed by atoms with van der Waals surface area (Å²) in [7, 11) is 0. The van der Waals surface area contributed by atoms with E-state index in [9.17, 15) is 0 Å². The molecule has 0 bridgehead atoms. The molecular formula is C13H17KN+. The van der Waals surface area contributed by atoms with Crippen LogP contribution in [0.4, 0.5) is 5.69 Å². The summed E-state index contributed by atoms with van der Waals surface area (Å²) in [5.74, 6) is 0. The van der Waals surface area contributed by atoms with E-state index in [1.54, 1.807) is 0 Å². The minimum atomic E-state index is 0. The summed E-state index contributed by atoms with van der Waals surface area (Å²) in [6.45, 7) is 10.0. The molecule has 0 unspecified atom stereocenters. The summed E-state index contributed by atoms with van der Waals surface area (Å²) in [5, 5.41) is 0. The van der Waals surface area contributed by atoms with E-state index < -0.39 is 0 Å². The predicted octanol–water partition coefficient (Wildman–Crippen LogP) is -0.0932. The van der Waals surface area contributed by atoms with Crippen LogP contribution < -0.4 is 51.4 Å². The van der Waals surface area contributed by atoms with Crippen molar-refractivity contribution in [3.8, 4) is 0 Å².